The van der Waals surface area contributed by atoms with Crippen LogP contribution in [-0.2, 0) is 9.59 Å². The van der Waals surface area contributed by atoms with Crippen molar-refractivity contribution in [2.75, 3.05) is 13.7 Å². The van der Waals surface area contributed by atoms with Crippen LogP contribution >= 0.6 is 11.3 Å². The normalized spacial score (nSPS) is 10.9. The predicted octanol–water partition coefficient (Wildman–Crippen LogP) is 4.76. The second kappa shape index (κ2) is 10.5. The minimum absolute atomic E-state index is 0.161. The minimum Gasteiger partial charge on any atom is -0.482 e. The highest BCUT2D eigenvalue weighted by Gasteiger charge is 2.16. The third kappa shape index (κ3) is 5.54. The van der Waals surface area contributed by atoms with Crippen molar-refractivity contribution in [3.63, 3.8) is 0 Å². The molecule has 0 aliphatic heterocycles. The lowest BCUT2D eigenvalue weighted by atomic mass is 10.0. The van der Waals surface area contributed by atoms with Crippen LogP contribution in [0.25, 0.3) is 38.3 Å². The lowest BCUT2D eigenvalue weighted by Gasteiger charge is -2.06. The molecule has 0 aliphatic carbocycles. The number of benzene rings is 2. The largest absolute Gasteiger partial charge is 0.482 e. The zero-order valence-corrected chi connectivity index (χ0v) is 19.1. The van der Waals surface area contributed by atoms with Crippen LogP contribution in [0.5, 0.6) is 5.75 Å². The van der Waals surface area contributed by atoms with E-state index in [2.05, 4.69) is 10.3 Å². The molecule has 0 saturated heterocycles. The van der Waals surface area contributed by atoms with Crippen LogP contribution in [0, 0.1) is 0 Å². The van der Waals surface area contributed by atoms with E-state index < -0.39 is 12.6 Å². The Labute approximate surface area is 200 Å². The molecule has 2 aromatic carbocycles. The molecule has 170 valence electrons. The quantitative estimate of drug-likeness (QED) is 0.359. The number of hydrogen-bond donors (Lipinski definition) is 2. The van der Waals surface area contributed by atoms with Gasteiger partial charge >= 0.3 is 5.97 Å². The molecule has 0 fully saturated rings. The van der Waals surface area contributed by atoms with Crippen molar-refractivity contribution in [3.8, 4) is 38.0 Å². The molecule has 2 heterocycles. The number of hydrogen-bond acceptors (Lipinski definition) is 6. The van der Waals surface area contributed by atoms with Gasteiger partial charge in [0.15, 0.2) is 6.61 Å². The van der Waals surface area contributed by atoms with Gasteiger partial charge in [0.05, 0.1) is 10.6 Å². The molecular formula is C26H21N3O4S. The molecule has 0 atom stereocenters. The van der Waals surface area contributed by atoms with Crippen LogP contribution in [0.1, 0.15) is 5.56 Å². The Balaban J connectivity index is 1.70. The molecule has 4 rings (SSSR count). The molecule has 0 unspecified atom stereocenters. The highest BCUT2D eigenvalue weighted by atomic mass is 32.1. The number of nitrogens with zero attached hydrogens (tertiary/aromatic N) is 2. The average Bonchev–Trinajstić information content (AvgIpc) is 3.32. The Morgan fingerprint density at radius 2 is 1.76 bits per heavy atom. The van der Waals surface area contributed by atoms with Crippen molar-refractivity contribution >= 4 is 29.3 Å². The first-order valence-corrected chi connectivity index (χ1v) is 11.2. The van der Waals surface area contributed by atoms with Gasteiger partial charge in [0.2, 0.25) is 5.91 Å². The Kier molecular flexibility index (Phi) is 7.10. The topological polar surface area (TPSA) is 101 Å². The van der Waals surface area contributed by atoms with E-state index in [0.717, 1.165) is 37.8 Å². The fourth-order valence-electron chi connectivity index (χ4n) is 3.18. The Bertz CT molecular complexity index is 1310. The van der Waals surface area contributed by atoms with E-state index in [9.17, 15) is 9.59 Å². The van der Waals surface area contributed by atoms with Crippen LogP contribution in [-0.4, -0.2) is 40.6 Å². The molecule has 0 spiro atoms. The second-order valence-corrected chi connectivity index (χ2v) is 8.21. The van der Waals surface area contributed by atoms with Crippen molar-refractivity contribution in [1.29, 1.82) is 0 Å². The first-order valence-electron chi connectivity index (χ1n) is 10.4. The summed E-state index contributed by atoms with van der Waals surface area (Å²) in [5, 5.41) is 12.2. The lowest BCUT2D eigenvalue weighted by Crippen LogP contribution is -2.13. The van der Waals surface area contributed by atoms with Gasteiger partial charge in [0.25, 0.3) is 0 Å². The van der Waals surface area contributed by atoms with E-state index in [1.807, 2.05) is 48.5 Å². The van der Waals surface area contributed by atoms with E-state index in [4.69, 9.17) is 14.8 Å². The second-order valence-electron chi connectivity index (χ2n) is 7.21. The van der Waals surface area contributed by atoms with Gasteiger partial charge in [-0.3, -0.25) is 9.78 Å². The van der Waals surface area contributed by atoms with Gasteiger partial charge in [-0.1, -0.05) is 24.3 Å². The summed E-state index contributed by atoms with van der Waals surface area (Å²) in [6, 6.07) is 18.9. The summed E-state index contributed by atoms with van der Waals surface area (Å²) in [5.74, 6) is -0.714. The average molecular weight is 472 g/mol. The Morgan fingerprint density at radius 1 is 1.03 bits per heavy atom. The Morgan fingerprint density at radius 3 is 2.41 bits per heavy atom. The van der Waals surface area contributed by atoms with Crippen LogP contribution in [0.4, 0.5) is 0 Å². The van der Waals surface area contributed by atoms with Crippen LogP contribution in [0.3, 0.4) is 0 Å². The maximum atomic E-state index is 11.5. The first kappa shape index (κ1) is 22.9. The molecule has 7 nitrogen and oxygen atoms in total. The third-order valence-electron chi connectivity index (χ3n) is 4.87. The number of amides is 1. The van der Waals surface area contributed by atoms with Crippen molar-refractivity contribution in [1.82, 2.24) is 15.3 Å². The van der Waals surface area contributed by atoms with Crippen LogP contribution in [0.2, 0.25) is 0 Å². The fourth-order valence-corrected chi connectivity index (χ4v) is 4.26. The summed E-state index contributed by atoms with van der Waals surface area (Å²) in [6.45, 7) is -0.396. The number of ether oxygens (including phenoxy) is 1. The van der Waals surface area contributed by atoms with Crippen molar-refractivity contribution in [2.24, 2.45) is 0 Å². The number of aromatic nitrogens is 2. The molecule has 0 aliphatic rings. The van der Waals surface area contributed by atoms with Gasteiger partial charge in [-0.15, -0.1) is 11.3 Å². The highest BCUT2D eigenvalue weighted by Crippen LogP contribution is 2.40. The van der Waals surface area contributed by atoms with Gasteiger partial charge < -0.3 is 15.2 Å². The van der Waals surface area contributed by atoms with Crippen LogP contribution < -0.4 is 10.1 Å². The number of carboxylic acids is 1. The minimum atomic E-state index is -1.03. The van der Waals surface area contributed by atoms with Gasteiger partial charge in [-0.25, -0.2) is 9.78 Å². The molecular weight excluding hydrogens is 450 g/mol. The number of carbonyl (C=O) groups excluding carboxylic acids is 1. The number of likely N-dealkylation sites (N-methyl/N-ethyl adjacent to an activating group) is 1. The van der Waals surface area contributed by atoms with Crippen LogP contribution in [0.15, 0.2) is 79.1 Å². The summed E-state index contributed by atoms with van der Waals surface area (Å²) in [5.41, 5.74) is 4.51. The number of nitrogens with one attached hydrogen (secondary N) is 1. The molecule has 0 bridgehead atoms. The van der Waals surface area contributed by atoms with Gasteiger partial charge in [-0.2, -0.15) is 0 Å². The van der Waals surface area contributed by atoms with Gasteiger partial charge in [0.1, 0.15) is 10.8 Å². The van der Waals surface area contributed by atoms with Crippen molar-refractivity contribution in [2.45, 2.75) is 0 Å². The molecule has 8 heteroatoms. The monoisotopic (exact) mass is 471 g/mol. The summed E-state index contributed by atoms with van der Waals surface area (Å²) in [7, 11) is 1.59. The lowest BCUT2D eigenvalue weighted by molar-refractivity contribution is -0.139. The number of pyridine rings is 1. The van der Waals surface area contributed by atoms with E-state index in [1.165, 1.54) is 6.08 Å². The summed E-state index contributed by atoms with van der Waals surface area (Å²) in [6.07, 6.45) is 6.75. The zero-order valence-electron chi connectivity index (χ0n) is 18.3. The fraction of sp³-hybridized carbons (Fsp3) is 0.0769. The molecule has 4 aromatic rings. The van der Waals surface area contributed by atoms with E-state index in [-0.39, 0.29) is 5.91 Å². The number of rotatable bonds is 8. The number of thiazole rings is 1. The Hall–Kier alpha value is -4.30. The number of carboxylic acid groups (broad SMARTS) is 1. The highest BCUT2D eigenvalue weighted by molar-refractivity contribution is 7.19. The third-order valence-corrected chi connectivity index (χ3v) is 6.03. The van der Waals surface area contributed by atoms with Crippen molar-refractivity contribution < 1.29 is 19.4 Å². The summed E-state index contributed by atoms with van der Waals surface area (Å²) in [4.78, 5) is 32.3. The van der Waals surface area contributed by atoms with E-state index >= 15 is 0 Å². The maximum Gasteiger partial charge on any atom is 0.341 e. The summed E-state index contributed by atoms with van der Waals surface area (Å²) >= 11 is 1.56. The standard InChI is InChI=1S/C26H21N3O4S/c1-27-22(30)13-6-17-4-7-19(8-5-17)25-24(29-26(34-25)20-3-2-14-28-15-20)18-9-11-21(12-10-18)33-16-23(31)32/h2-15H,16H2,1H3,(H,27,30)(H,31,32)/b13-6+. The van der Waals surface area contributed by atoms with E-state index in [0.29, 0.717) is 5.75 Å². The smallest absolute Gasteiger partial charge is 0.341 e. The maximum absolute atomic E-state index is 11.5. The predicted molar refractivity (Wildman–Crippen MR) is 132 cm³/mol. The zero-order chi connectivity index (χ0) is 23.9. The van der Waals surface area contributed by atoms with Gasteiger partial charge in [-0.05, 0) is 53.6 Å². The van der Waals surface area contributed by atoms with E-state index in [1.54, 1.807) is 49.0 Å². The molecule has 2 aromatic heterocycles. The molecule has 0 radical (unpaired) electrons. The molecule has 34 heavy (non-hydrogen) atoms. The first-order chi connectivity index (χ1) is 16.5. The van der Waals surface area contributed by atoms with Gasteiger partial charge in [0, 0.05) is 36.6 Å². The number of carbonyl (C=O) groups is 2. The van der Waals surface area contributed by atoms with Crippen molar-refractivity contribution in [3.05, 3.63) is 84.7 Å². The molecule has 0 saturated carbocycles. The number of aliphatic carboxylic acids is 1. The molecule has 1 amide bonds. The molecule has 2 N–H and O–H groups in total. The SMILES string of the molecule is CNC(=O)/C=C/c1ccc(-c2sc(-c3cccnc3)nc2-c2ccc(OCC(=O)O)cc2)cc1. The summed E-state index contributed by atoms with van der Waals surface area (Å²) < 4.78 is 5.25.